The van der Waals surface area contributed by atoms with E-state index < -0.39 is 29.5 Å². The topological polar surface area (TPSA) is 92.3 Å². The fourth-order valence-corrected chi connectivity index (χ4v) is 1.82. The molecule has 1 aliphatic rings. The van der Waals surface area contributed by atoms with E-state index in [0.717, 1.165) is 5.56 Å². The predicted octanol–water partition coefficient (Wildman–Crippen LogP) is 0.174. The Hall–Kier alpha value is -2.94. The molecule has 4 amide bonds. The summed E-state index contributed by atoms with van der Waals surface area (Å²) in [5, 5.41) is 3.76. The Bertz CT molecular complexity index is 635. The molecule has 2 N–H and O–H groups in total. The lowest BCUT2D eigenvalue weighted by Gasteiger charge is -2.18. The van der Waals surface area contributed by atoms with Gasteiger partial charge in [-0.15, -0.1) is 0 Å². The van der Waals surface area contributed by atoms with Gasteiger partial charge in [-0.25, -0.2) is 4.79 Å². The lowest BCUT2D eigenvalue weighted by atomic mass is 9.98. The van der Waals surface area contributed by atoms with E-state index in [9.17, 15) is 19.2 Å². The number of hydrogen-bond donors (Lipinski definition) is 2. The van der Waals surface area contributed by atoms with Crippen molar-refractivity contribution in [2.24, 2.45) is 5.92 Å². The van der Waals surface area contributed by atoms with Gasteiger partial charge in [-0.3, -0.25) is 25.0 Å². The maximum Gasteiger partial charge on any atom is 0.328 e. The Morgan fingerprint density at radius 1 is 1.00 bits per heavy atom. The number of nitrogens with one attached hydrogen (secondary N) is 2. The first-order valence-corrected chi connectivity index (χ1v) is 6.26. The first-order chi connectivity index (χ1) is 10.1. The van der Waals surface area contributed by atoms with E-state index in [-0.39, 0.29) is 6.42 Å². The van der Waals surface area contributed by atoms with E-state index in [1.807, 2.05) is 41.0 Å². The van der Waals surface area contributed by atoms with E-state index in [4.69, 9.17) is 0 Å². The monoisotopic (exact) mass is 284 g/mol. The Morgan fingerprint density at radius 3 is 2.24 bits per heavy atom. The zero-order valence-corrected chi connectivity index (χ0v) is 11.0. The smallest absolute Gasteiger partial charge is 0.297 e. The van der Waals surface area contributed by atoms with Gasteiger partial charge in [0.25, 0.3) is 0 Å². The molecule has 2 rings (SSSR count). The standard InChI is InChI=1S/C15H12N2O4/c18-11(12-13(19)16-15(21)17-14(12)20)9-5-4-8-10-6-2-1-3-7-10/h1-3,6-7,12H,8-9H2,(H2,16,17,19,20,21). The number of urea groups is 1. The zero-order valence-electron chi connectivity index (χ0n) is 11.0. The highest BCUT2D eigenvalue weighted by molar-refractivity contribution is 6.26. The first-order valence-electron chi connectivity index (χ1n) is 6.26. The molecule has 0 aliphatic carbocycles. The average Bonchev–Trinajstić information content (AvgIpc) is 2.43. The number of benzene rings is 1. The van der Waals surface area contributed by atoms with E-state index in [0.29, 0.717) is 6.42 Å². The second-order valence-corrected chi connectivity index (χ2v) is 4.40. The van der Waals surface area contributed by atoms with E-state index >= 15 is 0 Å². The van der Waals surface area contributed by atoms with Crippen LogP contribution in [0.2, 0.25) is 0 Å². The second-order valence-electron chi connectivity index (χ2n) is 4.40. The molecular weight excluding hydrogens is 272 g/mol. The van der Waals surface area contributed by atoms with Crippen LogP contribution in [-0.2, 0) is 20.8 Å². The summed E-state index contributed by atoms with van der Waals surface area (Å²) in [4.78, 5) is 45.6. The third kappa shape index (κ3) is 3.76. The number of ketones is 1. The van der Waals surface area contributed by atoms with Crippen LogP contribution in [0.5, 0.6) is 0 Å². The highest BCUT2D eigenvalue weighted by Crippen LogP contribution is 2.06. The SMILES string of the molecule is O=C1NC(=O)C(C(=O)CC#CCc2ccccc2)C(=O)N1. The van der Waals surface area contributed by atoms with Gasteiger partial charge in [-0.1, -0.05) is 42.2 Å². The van der Waals surface area contributed by atoms with Crippen molar-refractivity contribution in [2.75, 3.05) is 0 Å². The van der Waals surface area contributed by atoms with Gasteiger partial charge in [0.05, 0.1) is 6.42 Å². The van der Waals surface area contributed by atoms with Crippen LogP contribution >= 0.6 is 0 Å². The third-order valence-corrected chi connectivity index (χ3v) is 2.84. The minimum Gasteiger partial charge on any atom is -0.297 e. The van der Waals surface area contributed by atoms with Crippen molar-refractivity contribution in [1.82, 2.24) is 10.6 Å². The molecular formula is C15H12N2O4. The Morgan fingerprint density at radius 2 is 1.62 bits per heavy atom. The Kier molecular flexibility index (Phi) is 4.46. The van der Waals surface area contributed by atoms with Crippen molar-refractivity contribution in [3.8, 4) is 11.8 Å². The van der Waals surface area contributed by atoms with Crippen molar-refractivity contribution in [2.45, 2.75) is 12.8 Å². The van der Waals surface area contributed by atoms with Crippen LogP contribution in [0.4, 0.5) is 4.79 Å². The number of carbonyl (C=O) groups is 4. The number of Topliss-reactive ketones (excluding diaryl/α,β-unsaturated/α-hetero) is 1. The molecule has 1 heterocycles. The first kappa shape index (κ1) is 14.5. The summed E-state index contributed by atoms with van der Waals surface area (Å²) in [6.45, 7) is 0. The number of amides is 4. The molecule has 0 unspecified atom stereocenters. The van der Waals surface area contributed by atoms with Gasteiger partial charge >= 0.3 is 6.03 Å². The number of rotatable bonds is 3. The molecule has 0 bridgehead atoms. The zero-order chi connectivity index (χ0) is 15.2. The molecule has 1 saturated heterocycles. The normalized spacial score (nSPS) is 14.8. The molecule has 0 spiro atoms. The Balaban J connectivity index is 1.92. The maximum atomic E-state index is 11.8. The lowest BCUT2D eigenvalue weighted by Crippen LogP contribution is -2.57. The van der Waals surface area contributed by atoms with Crippen molar-refractivity contribution in [3.05, 3.63) is 35.9 Å². The van der Waals surface area contributed by atoms with E-state index in [1.54, 1.807) is 0 Å². The van der Waals surface area contributed by atoms with E-state index in [1.165, 1.54) is 0 Å². The average molecular weight is 284 g/mol. The molecule has 1 aliphatic heterocycles. The summed E-state index contributed by atoms with van der Waals surface area (Å²) in [5.74, 6) is 1.51. The predicted molar refractivity (Wildman–Crippen MR) is 72.7 cm³/mol. The van der Waals surface area contributed by atoms with Gasteiger partial charge in [-0.2, -0.15) is 0 Å². The summed E-state index contributed by atoms with van der Waals surface area (Å²) >= 11 is 0. The largest absolute Gasteiger partial charge is 0.328 e. The minimum atomic E-state index is -1.51. The fourth-order valence-electron chi connectivity index (χ4n) is 1.82. The summed E-state index contributed by atoms with van der Waals surface area (Å²) in [6, 6.07) is 8.56. The summed E-state index contributed by atoms with van der Waals surface area (Å²) in [5.41, 5.74) is 1.01. The van der Waals surface area contributed by atoms with Gasteiger partial charge in [0.15, 0.2) is 11.7 Å². The van der Waals surface area contributed by atoms with Gasteiger partial charge in [0, 0.05) is 6.42 Å². The molecule has 6 nitrogen and oxygen atoms in total. The van der Waals surface area contributed by atoms with Crippen molar-refractivity contribution >= 4 is 23.6 Å². The van der Waals surface area contributed by atoms with Crippen LogP contribution in [0.15, 0.2) is 30.3 Å². The van der Waals surface area contributed by atoms with Crippen molar-refractivity contribution < 1.29 is 19.2 Å². The molecule has 0 radical (unpaired) electrons. The third-order valence-electron chi connectivity index (χ3n) is 2.84. The van der Waals surface area contributed by atoms with E-state index in [2.05, 4.69) is 11.8 Å². The molecule has 6 heteroatoms. The van der Waals surface area contributed by atoms with Crippen molar-refractivity contribution in [1.29, 1.82) is 0 Å². The molecule has 0 aromatic heterocycles. The summed E-state index contributed by atoms with van der Waals surface area (Å²) < 4.78 is 0. The van der Waals surface area contributed by atoms with Crippen LogP contribution in [0.3, 0.4) is 0 Å². The van der Waals surface area contributed by atoms with Crippen LogP contribution < -0.4 is 10.6 Å². The number of hydrogen-bond acceptors (Lipinski definition) is 4. The van der Waals surface area contributed by atoms with Gasteiger partial charge in [-0.05, 0) is 5.56 Å². The lowest BCUT2D eigenvalue weighted by molar-refractivity contribution is -0.141. The highest BCUT2D eigenvalue weighted by atomic mass is 16.2. The molecule has 1 aromatic rings. The van der Waals surface area contributed by atoms with Crippen LogP contribution in [0, 0.1) is 17.8 Å². The highest BCUT2D eigenvalue weighted by Gasteiger charge is 2.38. The molecule has 0 saturated carbocycles. The maximum absolute atomic E-state index is 11.8. The number of imide groups is 2. The molecule has 0 atom stereocenters. The summed E-state index contributed by atoms with van der Waals surface area (Å²) in [7, 11) is 0. The number of carbonyl (C=O) groups excluding carboxylic acids is 4. The van der Waals surface area contributed by atoms with Crippen LogP contribution in [-0.4, -0.2) is 23.6 Å². The number of barbiturate groups is 1. The fraction of sp³-hybridized carbons (Fsp3) is 0.200. The minimum absolute atomic E-state index is 0.216. The Labute approximate surface area is 120 Å². The quantitative estimate of drug-likeness (QED) is 0.611. The van der Waals surface area contributed by atoms with Crippen molar-refractivity contribution in [3.63, 3.8) is 0 Å². The molecule has 1 fully saturated rings. The van der Waals surface area contributed by atoms with Crippen LogP contribution in [0.25, 0.3) is 0 Å². The molecule has 1 aromatic carbocycles. The van der Waals surface area contributed by atoms with Crippen LogP contribution in [0.1, 0.15) is 12.0 Å². The van der Waals surface area contributed by atoms with Gasteiger partial charge in [0.1, 0.15) is 0 Å². The van der Waals surface area contributed by atoms with Gasteiger partial charge in [0.2, 0.25) is 11.8 Å². The molecule has 21 heavy (non-hydrogen) atoms. The summed E-state index contributed by atoms with van der Waals surface area (Å²) in [6.07, 6.45) is 0.266. The molecule has 106 valence electrons. The van der Waals surface area contributed by atoms with Gasteiger partial charge < -0.3 is 0 Å². The second kappa shape index (κ2) is 6.48.